The Hall–Kier alpha value is -2.70. The van der Waals surface area contributed by atoms with E-state index >= 15 is 0 Å². The summed E-state index contributed by atoms with van der Waals surface area (Å²) in [7, 11) is 0. The predicted molar refractivity (Wildman–Crippen MR) is 110 cm³/mol. The first-order valence-corrected chi connectivity index (χ1v) is 9.82. The number of imidazole rings is 1. The molecule has 4 rings (SSSR count). The number of halogens is 1. The van der Waals surface area contributed by atoms with Gasteiger partial charge in [0.15, 0.2) is 16.6 Å². The van der Waals surface area contributed by atoms with Gasteiger partial charge in [-0.15, -0.1) is 11.3 Å². The molecule has 0 aliphatic heterocycles. The summed E-state index contributed by atoms with van der Waals surface area (Å²) >= 11 is 7.76. The van der Waals surface area contributed by atoms with Crippen LogP contribution in [0.15, 0.2) is 48.0 Å². The van der Waals surface area contributed by atoms with Crippen LogP contribution in [0.4, 0.5) is 10.8 Å². The number of pyridine rings is 1. The molecule has 0 saturated carbocycles. The van der Waals surface area contributed by atoms with Crippen LogP contribution in [0.2, 0.25) is 5.02 Å². The van der Waals surface area contributed by atoms with Gasteiger partial charge in [0.05, 0.1) is 16.4 Å². The molecule has 0 fully saturated rings. The van der Waals surface area contributed by atoms with Gasteiger partial charge in [-0.3, -0.25) is 9.20 Å². The molecule has 1 N–H and O–H groups in total. The summed E-state index contributed by atoms with van der Waals surface area (Å²) in [6, 6.07) is 11.2. The topological polar surface area (TPSA) is 59.3 Å². The SMILES string of the molecule is CCC(=O)c1cccc(Nc2nc(-c3c(C)nc4c(Cl)cccn34)cs2)c1. The Bertz CT molecular complexity index is 1150. The monoisotopic (exact) mass is 396 g/mol. The molecule has 7 heteroatoms. The fourth-order valence-electron chi connectivity index (χ4n) is 2.99. The molecule has 1 aromatic carbocycles. The van der Waals surface area contributed by atoms with E-state index in [1.807, 2.05) is 66.2 Å². The fourth-order valence-corrected chi connectivity index (χ4v) is 3.92. The first-order valence-electron chi connectivity index (χ1n) is 8.56. The minimum Gasteiger partial charge on any atom is -0.332 e. The van der Waals surface area contributed by atoms with Gasteiger partial charge in [0, 0.05) is 29.2 Å². The number of ketones is 1. The van der Waals surface area contributed by atoms with Gasteiger partial charge in [-0.2, -0.15) is 0 Å². The Labute approximate surface area is 165 Å². The number of nitrogens with zero attached hydrogens (tertiary/aromatic N) is 3. The van der Waals surface area contributed by atoms with E-state index in [-0.39, 0.29) is 5.78 Å². The molecule has 3 aromatic heterocycles. The second-order valence-corrected chi connectivity index (χ2v) is 7.38. The quantitative estimate of drug-likeness (QED) is 0.436. The number of Topliss-reactive ketones (excluding diaryl/α,β-unsaturated/α-hetero) is 1. The fraction of sp³-hybridized carbons (Fsp3) is 0.150. The number of fused-ring (bicyclic) bond motifs is 1. The number of hydrogen-bond donors (Lipinski definition) is 1. The third-order valence-corrected chi connectivity index (χ3v) is 5.33. The zero-order valence-corrected chi connectivity index (χ0v) is 16.4. The van der Waals surface area contributed by atoms with Crippen LogP contribution in [-0.4, -0.2) is 20.2 Å². The summed E-state index contributed by atoms with van der Waals surface area (Å²) in [5, 5.41) is 6.63. The molecule has 0 unspecified atom stereocenters. The number of benzene rings is 1. The molecule has 3 heterocycles. The van der Waals surface area contributed by atoms with E-state index in [0.717, 1.165) is 33.5 Å². The van der Waals surface area contributed by atoms with Crippen molar-refractivity contribution in [3.8, 4) is 11.4 Å². The maximum Gasteiger partial charge on any atom is 0.187 e. The second-order valence-electron chi connectivity index (χ2n) is 6.12. The molecule has 0 saturated heterocycles. The highest BCUT2D eigenvalue weighted by molar-refractivity contribution is 7.14. The van der Waals surface area contributed by atoms with E-state index in [2.05, 4.69) is 10.3 Å². The molecular weight excluding hydrogens is 380 g/mol. The van der Waals surface area contributed by atoms with Crippen LogP contribution < -0.4 is 5.32 Å². The molecule has 136 valence electrons. The Balaban J connectivity index is 1.66. The van der Waals surface area contributed by atoms with Crippen molar-refractivity contribution >= 4 is 45.2 Å². The summed E-state index contributed by atoms with van der Waals surface area (Å²) in [5.74, 6) is 0.122. The van der Waals surface area contributed by atoms with Crippen molar-refractivity contribution < 1.29 is 4.79 Å². The highest BCUT2D eigenvalue weighted by Gasteiger charge is 2.16. The van der Waals surface area contributed by atoms with Gasteiger partial charge in [0.2, 0.25) is 0 Å². The lowest BCUT2D eigenvalue weighted by Gasteiger charge is -2.05. The molecule has 0 aliphatic carbocycles. The van der Waals surface area contributed by atoms with Crippen molar-refractivity contribution in [1.82, 2.24) is 14.4 Å². The Morgan fingerprint density at radius 1 is 1.26 bits per heavy atom. The average Bonchev–Trinajstić information content (AvgIpc) is 3.25. The molecule has 0 radical (unpaired) electrons. The van der Waals surface area contributed by atoms with Crippen molar-refractivity contribution in [3.63, 3.8) is 0 Å². The van der Waals surface area contributed by atoms with E-state index in [1.54, 1.807) is 0 Å². The normalized spacial score (nSPS) is 11.1. The lowest BCUT2D eigenvalue weighted by molar-refractivity contribution is 0.0988. The molecule has 0 aliphatic rings. The number of aryl methyl sites for hydroxylation is 1. The third kappa shape index (κ3) is 3.34. The van der Waals surface area contributed by atoms with Crippen LogP contribution in [0, 0.1) is 6.92 Å². The second kappa shape index (κ2) is 7.13. The van der Waals surface area contributed by atoms with Crippen LogP contribution in [-0.2, 0) is 0 Å². The van der Waals surface area contributed by atoms with Crippen LogP contribution >= 0.6 is 22.9 Å². The molecular formula is C20H17ClN4OS. The molecule has 0 spiro atoms. The summed E-state index contributed by atoms with van der Waals surface area (Å²) in [6.07, 6.45) is 2.42. The Morgan fingerprint density at radius 3 is 2.93 bits per heavy atom. The van der Waals surface area contributed by atoms with Crippen molar-refractivity contribution in [2.75, 3.05) is 5.32 Å². The highest BCUT2D eigenvalue weighted by atomic mass is 35.5. The standard InChI is InChI=1S/C20H17ClN4OS/c1-3-17(26)13-6-4-7-14(10-13)23-20-24-16(11-27-20)18-12(2)22-19-15(21)8-5-9-25(18)19/h4-11H,3H2,1-2H3,(H,23,24). The van der Waals surface area contributed by atoms with E-state index < -0.39 is 0 Å². The smallest absolute Gasteiger partial charge is 0.187 e. The summed E-state index contributed by atoms with van der Waals surface area (Å²) < 4.78 is 1.96. The molecule has 0 amide bonds. The Morgan fingerprint density at radius 2 is 2.11 bits per heavy atom. The lowest BCUT2D eigenvalue weighted by atomic mass is 10.1. The number of thiazole rings is 1. The average molecular weight is 397 g/mol. The number of aromatic nitrogens is 3. The maximum atomic E-state index is 11.9. The van der Waals surface area contributed by atoms with Gasteiger partial charge in [0.1, 0.15) is 5.69 Å². The summed E-state index contributed by atoms with van der Waals surface area (Å²) in [6.45, 7) is 3.81. The third-order valence-electron chi connectivity index (χ3n) is 4.28. The first kappa shape index (κ1) is 17.7. The highest BCUT2D eigenvalue weighted by Crippen LogP contribution is 2.31. The number of nitrogens with one attached hydrogen (secondary N) is 1. The van der Waals surface area contributed by atoms with E-state index in [9.17, 15) is 4.79 Å². The maximum absolute atomic E-state index is 11.9. The van der Waals surface area contributed by atoms with E-state index in [1.165, 1.54) is 11.3 Å². The van der Waals surface area contributed by atoms with Crippen molar-refractivity contribution in [2.24, 2.45) is 0 Å². The Kier molecular flexibility index (Phi) is 4.68. The van der Waals surface area contributed by atoms with E-state index in [4.69, 9.17) is 16.6 Å². The van der Waals surface area contributed by atoms with E-state index in [0.29, 0.717) is 17.0 Å². The summed E-state index contributed by atoms with van der Waals surface area (Å²) in [5.41, 5.74) is 4.89. The van der Waals surface area contributed by atoms with Crippen molar-refractivity contribution in [1.29, 1.82) is 0 Å². The number of hydrogen-bond acceptors (Lipinski definition) is 5. The predicted octanol–water partition coefficient (Wildman–Crippen LogP) is 5.76. The molecule has 0 atom stereocenters. The van der Waals surface area contributed by atoms with Crippen LogP contribution in [0.25, 0.3) is 17.0 Å². The van der Waals surface area contributed by atoms with Crippen LogP contribution in [0.3, 0.4) is 0 Å². The number of carbonyl (C=O) groups is 1. The molecule has 27 heavy (non-hydrogen) atoms. The minimum absolute atomic E-state index is 0.122. The van der Waals surface area contributed by atoms with Crippen LogP contribution in [0.1, 0.15) is 29.4 Å². The zero-order valence-electron chi connectivity index (χ0n) is 14.9. The van der Waals surface area contributed by atoms with Gasteiger partial charge in [-0.1, -0.05) is 30.7 Å². The van der Waals surface area contributed by atoms with Crippen molar-refractivity contribution in [2.45, 2.75) is 20.3 Å². The van der Waals surface area contributed by atoms with Gasteiger partial charge in [-0.05, 0) is 31.2 Å². The number of carbonyl (C=O) groups excluding carboxylic acids is 1. The van der Waals surface area contributed by atoms with Crippen molar-refractivity contribution in [3.05, 3.63) is 64.3 Å². The number of rotatable bonds is 5. The minimum atomic E-state index is 0.122. The van der Waals surface area contributed by atoms with Gasteiger partial charge < -0.3 is 5.32 Å². The summed E-state index contributed by atoms with van der Waals surface area (Å²) in [4.78, 5) is 21.2. The van der Waals surface area contributed by atoms with Gasteiger partial charge in [0.25, 0.3) is 0 Å². The van der Waals surface area contributed by atoms with Gasteiger partial charge >= 0.3 is 0 Å². The molecule has 4 aromatic rings. The lowest BCUT2D eigenvalue weighted by Crippen LogP contribution is -1.98. The largest absolute Gasteiger partial charge is 0.332 e. The van der Waals surface area contributed by atoms with Crippen LogP contribution in [0.5, 0.6) is 0 Å². The zero-order chi connectivity index (χ0) is 19.0. The van der Waals surface area contributed by atoms with Gasteiger partial charge in [-0.25, -0.2) is 9.97 Å². The first-order chi connectivity index (χ1) is 13.1. The number of anilines is 2. The molecule has 0 bridgehead atoms. The molecule has 5 nitrogen and oxygen atoms in total.